The molecule has 0 aliphatic rings. The molecule has 114 valence electrons. The molecule has 2 rings (SSSR count). The van der Waals surface area contributed by atoms with E-state index in [1.165, 1.54) is 11.3 Å². The lowest BCUT2D eigenvalue weighted by Crippen LogP contribution is -2.28. The van der Waals surface area contributed by atoms with Crippen LogP contribution in [0, 0.1) is 0 Å². The highest BCUT2D eigenvalue weighted by Gasteiger charge is 2.36. The minimum absolute atomic E-state index is 0.0950. The summed E-state index contributed by atoms with van der Waals surface area (Å²) in [7, 11) is 0. The van der Waals surface area contributed by atoms with Gasteiger partial charge in [-0.05, 0) is 18.6 Å². The summed E-state index contributed by atoms with van der Waals surface area (Å²) in [4.78, 5) is 4.34. The smallest absolute Gasteiger partial charge is 0.364 e. The van der Waals surface area contributed by atoms with Gasteiger partial charge in [0.05, 0.1) is 18.2 Å². The van der Waals surface area contributed by atoms with Gasteiger partial charge in [0.25, 0.3) is 0 Å². The van der Waals surface area contributed by atoms with Crippen molar-refractivity contribution in [3.05, 3.63) is 40.9 Å². The van der Waals surface area contributed by atoms with E-state index in [2.05, 4.69) is 4.98 Å². The lowest BCUT2D eigenvalue weighted by Gasteiger charge is -2.16. The SMILES string of the molecule is CC(OCc1cccc(-c2nc(CCl)cs2)c1)C(F)(F)F. The molecule has 1 atom stereocenters. The van der Waals surface area contributed by atoms with Gasteiger partial charge >= 0.3 is 6.18 Å². The first-order valence-electron chi connectivity index (χ1n) is 6.18. The number of benzene rings is 1. The summed E-state index contributed by atoms with van der Waals surface area (Å²) in [5, 5.41) is 2.65. The van der Waals surface area contributed by atoms with Crippen molar-refractivity contribution >= 4 is 22.9 Å². The topological polar surface area (TPSA) is 22.1 Å². The van der Waals surface area contributed by atoms with Gasteiger partial charge in [0, 0.05) is 10.9 Å². The minimum Gasteiger partial charge on any atom is -0.364 e. The summed E-state index contributed by atoms with van der Waals surface area (Å²) in [6.07, 6.45) is -6.13. The fraction of sp³-hybridized carbons (Fsp3) is 0.357. The molecule has 0 amide bonds. The van der Waals surface area contributed by atoms with E-state index in [1.807, 2.05) is 11.4 Å². The molecule has 1 heterocycles. The largest absolute Gasteiger partial charge is 0.414 e. The van der Waals surface area contributed by atoms with Crippen molar-refractivity contribution in [1.29, 1.82) is 0 Å². The number of hydrogen-bond acceptors (Lipinski definition) is 3. The highest BCUT2D eigenvalue weighted by Crippen LogP contribution is 2.27. The molecule has 0 aliphatic carbocycles. The quantitative estimate of drug-likeness (QED) is 0.716. The first-order valence-corrected chi connectivity index (χ1v) is 7.59. The van der Waals surface area contributed by atoms with Crippen LogP contribution in [0.25, 0.3) is 10.6 Å². The van der Waals surface area contributed by atoms with Crippen LogP contribution in [0.3, 0.4) is 0 Å². The maximum absolute atomic E-state index is 12.4. The summed E-state index contributed by atoms with van der Waals surface area (Å²) in [5.41, 5.74) is 2.30. The number of aromatic nitrogens is 1. The fourth-order valence-corrected chi connectivity index (χ4v) is 2.66. The number of halogens is 4. The van der Waals surface area contributed by atoms with Crippen LogP contribution in [-0.2, 0) is 17.2 Å². The summed E-state index contributed by atoms with van der Waals surface area (Å²) >= 11 is 7.15. The van der Waals surface area contributed by atoms with Crippen LogP contribution >= 0.6 is 22.9 Å². The van der Waals surface area contributed by atoms with E-state index in [4.69, 9.17) is 16.3 Å². The molecule has 0 saturated heterocycles. The Balaban J connectivity index is 2.07. The van der Waals surface area contributed by atoms with Crippen LogP contribution in [-0.4, -0.2) is 17.3 Å². The first-order chi connectivity index (χ1) is 9.90. The Morgan fingerprint density at radius 1 is 1.38 bits per heavy atom. The number of hydrogen-bond donors (Lipinski definition) is 0. The fourth-order valence-electron chi connectivity index (χ4n) is 1.61. The molecule has 2 nitrogen and oxygen atoms in total. The third kappa shape index (κ3) is 4.43. The zero-order valence-corrected chi connectivity index (χ0v) is 12.7. The molecule has 1 aromatic heterocycles. The average molecular weight is 336 g/mol. The van der Waals surface area contributed by atoms with Crippen LogP contribution in [0.4, 0.5) is 13.2 Å². The number of thiazole rings is 1. The third-order valence-electron chi connectivity index (χ3n) is 2.82. The van der Waals surface area contributed by atoms with Crippen molar-refractivity contribution in [3.8, 4) is 10.6 Å². The molecule has 0 bridgehead atoms. The standard InChI is InChI=1S/C14H13ClF3NOS/c1-9(14(16,17)18)20-7-10-3-2-4-11(5-10)13-19-12(6-15)8-21-13/h2-5,8-9H,6-7H2,1H3. The normalized spacial score (nSPS) is 13.4. The molecule has 0 fully saturated rings. The van der Waals surface area contributed by atoms with Gasteiger partial charge in [0.1, 0.15) is 5.01 Å². The Bertz CT molecular complexity index is 600. The van der Waals surface area contributed by atoms with E-state index in [0.29, 0.717) is 11.4 Å². The van der Waals surface area contributed by atoms with Crippen LogP contribution < -0.4 is 0 Å². The lowest BCUT2D eigenvalue weighted by atomic mass is 10.1. The number of alkyl halides is 4. The number of nitrogens with zero attached hydrogens (tertiary/aromatic N) is 1. The Morgan fingerprint density at radius 3 is 2.76 bits per heavy atom. The second-order valence-corrected chi connectivity index (χ2v) is 5.60. The summed E-state index contributed by atoms with van der Waals surface area (Å²) in [6, 6.07) is 7.13. The van der Waals surface area contributed by atoms with Gasteiger partial charge in [-0.1, -0.05) is 18.2 Å². The third-order valence-corrected chi connectivity index (χ3v) is 4.04. The first kappa shape index (κ1) is 16.3. The minimum atomic E-state index is -4.35. The van der Waals surface area contributed by atoms with Crippen LogP contribution in [0.2, 0.25) is 0 Å². The average Bonchev–Trinajstić information content (AvgIpc) is 2.93. The van der Waals surface area contributed by atoms with Gasteiger partial charge in [0.2, 0.25) is 0 Å². The molecule has 0 saturated carbocycles. The van der Waals surface area contributed by atoms with Gasteiger partial charge in [-0.25, -0.2) is 4.98 Å². The maximum atomic E-state index is 12.4. The summed E-state index contributed by atoms with van der Waals surface area (Å²) < 4.78 is 42.0. The Labute approximate surface area is 129 Å². The highest BCUT2D eigenvalue weighted by molar-refractivity contribution is 7.13. The summed E-state index contributed by atoms with van der Waals surface area (Å²) in [6.45, 7) is 0.902. The predicted octanol–water partition coefficient (Wildman–Crippen LogP) is 5.02. The van der Waals surface area contributed by atoms with Crippen molar-refractivity contribution < 1.29 is 17.9 Å². The Morgan fingerprint density at radius 2 is 2.14 bits per heavy atom. The number of ether oxygens (including phenoxy) is 1. The van der Waals surface area contributed by atoms with Crippen molar-refractivity contribution in [3.63, 3.8) is 0 Å². The van der Waals surface area contributed by atoms with E-state index < -0.39 is 12.3 Å². The molecule has 7 heteroatoms. The van der Waals surface area contributed by atoms with Crippen molar-refractivity contribution in [1.82, 2.24) is 4.98 Å². The zero-order chi connectivity index (χ0) is 15.5. The monoisotopic (exact) mass is 335 g/mol. The van der Waals surface area contributed by atoms with Gasteiger partial charge in [-0.2, -0.15) is 13.2 Å². The second kappa shape index (κ2) is 6.77. The lowest BCUT2D eigenvalue weighted by molar-refractivity contribution is -0.217. The second-order valence-electron chi connectivity index (χ2n) is 4.47. The molecule has 0 radical (unpaired) electrons. The molecular formula is C14H13ClF3NOS. The zero-order valence-electron chi connectivity index (χ0n) is 11.2. The van der Waals surface area contributed by atoms with E-state index >= 15 is 0 Å². The van der Waals surface area contributed by atoms with Gasteiger partial charge < -0.3 is 4.74 Å². The van der Waals surface area contributed by atoms with Crippen LogP contribution in [0.1, 0.15) is 18.2 Å². The van der Waals surface area contributed by atoms with E-state index in [0.717, 1.165) is 23.2 Å². The maximum Gasteiger partial charge on any atom is 0.414 e. The van der Waals surface area contributed by atoms with Crippen molar-refractivity contribution in [2.45, 2.75) is 31.7 Å². The van der Waals surface area contributed by atoms with Gasteiger partial charge in [0.15, 0.2) is 6.10 Å². The Kier molecular flexibility index (Phi) is 5.24. The molecular weight excluding hydrogens is 323 g/mol. The van der Waals surface area contributed by atoms with E-state index in [1.54, 1.807) is 18.2 Å². The molecule has 21 heavy (non-hydrogen) atoms. The molecule has 0 aliphatic heterocycles. The molecule has 0 N–H and O–H groups in total. The van der Waals surface area contributed by atoms with Crippen LogP contribution in [0.5, 0.6) is 0 Å². The van der Waals surface area contributed by atoms with Crippen LogP contribution in [0.15, 0.2) is 29.6 Å². The summed E-state index contributed by atoms with van der Waals surface area (Å²) in [5.74, 6) is 0.336. The predicted molar refractivity (Wildman–Crippen MR) is 77.4 cm³/mol. The highest BCUT2D eigenvalue weighted by atomic mass is 35.5. The molecule has 0 spiro atoms. The number of rotatable bonds is 5. The van der Waals surface area contributed by atoms with Crippen molar-refractivity contribution in [2.24, 2.45) is 0 Å². The Hall–Kier alpha value is -1.11. The van der Waals surface area contributed by atoms with Gasteiger partial charge in [-0.3, -0.25) is 0 Å². The molecule has 1 unspecified atom stereocenters. The van der Waals surface area contributed by atoms with E-state index in [-0.39, 0.29) is 6.61 Å². The van der Waals surface area contributed by atoms with Gasteiger partial charge in [-0.15, -0.1) is 22.9 Å². The molecule has 1 aromatic carbocycles. The van der Waals surface area contributed by atoms with E-state index in [9.17, 15) is 13.2 Å². The molecule has 2 aromatic rings. The van der Waals surface area contributed by atoms with Crippen molar-refractivity contribution in [2.75, 3.05) is 0 Å².